The standard InChI is InChI=1S/C20H27N5O3/c26-18-16(28-14-5-4-8-21-13-14)7-6-15(17(18)25-11-2-1-3-12-25)24-20(27)19-22-9-10-23-19/h4-5,8-10,13,15-18,26H,1-3,6-7,11-12H2,(H,22,23)(H,24,27)/t15-,16-,17+,18+/m1/s1. The number of hydrogen-bond donors (Lipinski definition) is 3. The summed E-state index contributed by atoms with van der Waals surface area (Å²) >= 11 is 0. The van der Waals surface area contributed by atoms with Crippen molar-refractivity contribution in [3.63, 3.8) is 0 Å². The molecule has 2 aromatic heterocycles. The predicted molar refractivity (Wildman–Crippen MR) is 103 cm³/mol. The van der Waals surface area contributed by atoms with Crippen LogP contribution in [-0.4, -0.2) is 68.2 Å². The molecule has 1 aliphatic carbocycles. The zero-order valence-electron chi connectivity index (χ0n) is 15.8. The number of aromatic amines is 1. The number of aromatic nitrogens is 3. The van der Waals surface area contributed by atoms with Gasteiger partial charge in [-0.25, -0.2) is 4.98 Å². The van der Waals surface area contributed by atoms with E-state index in [0.29, 0.717) is 18.0 Å². The second-order valence-electron chi connectivity index (χ2n) is 7.52. The molecule has 1 saturated heterocycles. The lowest BCUT2D eigenvalue weighted by atomic mass is 9.83. The molecule has 8 heteroatoms. The van der Waals surface area contributed by atoms with Crippen molar-refractivity contribution in [3.05, 3.63) is 42.7 Å². The molecule has 2 fully saturated rings. The SMILES string of the molecule is O=C(N[C@@H]1CC[C@@H](Oc2cccnc2)[C@H](O)[C@H]1N1CCCCC1)c1ncc[nH]1. The lowest BCUT2D eigenvalue weighted by molar-refractivity contribution is -0.0694. The lowest BCUT2D eigenvalue weighted by Gasteiger charge is -2.47. The second kappa shape index (κ2) is 8.70. The molecule has 3 heterocycles. The summed E-state index contributed by atoms with van der Waals surface area (Å²) in [7, 11) is 0. The molecule has 2 aliphatic rings. The summed E-state index contributed by atoms with van der Waals surface area (Å²) in [5.74, 6) is 0.707. The first-order valence-corrected chi connectivity index (χ1v) is 10.0. The first-order chi connectivity index (χ1) is 13.7. The fourth-order valence-electron chi connectivity index (χ4n) is 4.33. The number of nitrogens with zero attached hydrogens (tertiary/aromatic N) is 3. The van der Waals surface area contributed by atoms with Gasteiger partial charge in [-0.05, 0) is 50.9 Å². The van der Waals surface area contributed by atoms with Crippen LogP contribution < -0.4 is 10.1 Å². The number of pyridine rings is 1. The van der Waals surface area contributed by atoms with E-state index < -0.39 is 6.10 Å². The van der Waals surface area contributed by atoms with Gasteiger partial charge in [-0.15, -0.1) is 0 Å². The van der Waals surface area contributed by atoms with Gasteiger partial charge in [0.05, 0.1) is 12.2 Å². The van der Waals surface area contributed by atoms with E-state index in [1.54, 1.807) is 24.8 Å². The highest BCUT2D eigenvalue weighted by Gasteiger charge is 2.44. The van der Waals surface area contributed by atoms with E-state index in [4.69, 9.17) is 4.74 Å². The van der Waals surface area contributed by atoms with E-state index >= 15 is 0 Å². The largest absolute Gasteiger partial charge is 0.486 e. The zero-order valence-corrected chi connectivity index (χ0v) is 15.8. The summed E-state index contributed by atoms with van der Waals surface area (Å²) in [6.07, 6.45) is 10.3. The van der Waals surface area contributed by atoms with Crippen LogP contribution in [0.15, 0.2) is 36.9 Å². The van der Waals surface area contributed by atoms with Crippen LogP contribution in [0.3, 0.4) is 0 Å². The minimum atomic E-state index is -0.700. The second-order valence-corrected chi connectivity index (χ2v) is 7.52. The molecule has 8 nitrogen and oxygen atoms in total. The molecule has 0 bridgehead atoms. The van der Waals surface area contributed by atoms with Gasteiger partial charge in [-0.3, -0.25) is 14.7 Å². The third kappa shape index (κ3) is 4.18. The van der Waals surface area contributed by atoms with Crippen LogP contribution in [0.4, 0.5) is 0 Å². The van der Waals surface area contributed by atoms with Crippen molar-refractivity contribution < 1.29 is 14.6 Å². The maximum Gasteiger partial charge on any atom is 0.287 e. The highest BCUT2D eigenvalue weighted by Crippen LogP contribution is 2.29. The van der Waals surface area contributed by atoms with E-state index in [1.165, 1.54) is 6.42 Å². The van der Waals surface area contributed by atoms with E-state index in [0.717, 1.165) is 32.4 Å². The molecule has 0 spiro atoms. The van der Waals surface area contributed by atoms with Crippen molar-refractivity contribution in [2.24, 2.45) is 0 Å². The van der Waals surface area contributed by atoms with E-state index in [1.807, 2.05) is 12.1 Å². The number of carbonyl (C=O) groups is 1. The summed E-state index contributed by atoms with van der Waals surface area (Å²) in [5.41, 5.74) is 0. The Labute approximate surface area is 164 Å². The van der Waals surface area contributed by atoms with Gasteiger partial charge >= 0.3 is 0 Å². The Hall–Kier alpha value is -2.45. The topological polar surface area (TPSA) is 103 Å². The smallest absolute Gasteiger partial charge is 0.287 e. The van der Waals surface area contributed by atoms with Crippen LogP contribution in [-0.2, 0) is 0 Å². The number of amides is 1. The number of aliphatic hydroxyl groups excluding tert-OH is 1. The quantitative estimate of drug-likeness (QED) is 0.718. The normalized spacial score (nSPS) is 28.6. The van der Waals surface area contributed by atoms with Crippen LogP contribution >= 0.6 is 0 Å². The van der Waals surface area contributed by atoms with Gasteiger partial charge in [-0.2, -0.15) is 0 Å². The molecule has 4 rings (SSSR count). The van der Waals surface area contributed by atoms with E-state index in [-0.39, 0.29) is 24.1 Å². The molecular weight excluding hydrogens is 358 g/mol. The van der Waals surface area contributed by atoms with Crippen molar-refractivity contribution >= 4 is 5.91 Å². The molecule has 28 heavy (non-hydrogen) atoms. The molecule has 2 aromatic rings. The summed E-state index contributed by atoms with van der Waals surface area (Å²) < 4.78 is 6.04. The van der Waals surface area contributed by atoms with Crippen molar-refractivity contribution in [3.8, 4) is 5.75 Å². The number of piperidine rings is 1. The molecule has 0 radical (unpaired) electrons. The van der Waals surface area contributed by atoms with Gasteiger partial charge in [0.2, 0.25) is 0 Å². The molecule has 150 valence electrons. The summed E-state index contributed by atoms with van der Waals surface area (Å²) in [4.78, 5) is 25.8. The maximum atomic E-state index is 12.5. The minimum Gasteiger partial charge on any atom is -0.486 e. The van der Waals surface area contributed by atoms with Gasteiger partial charge in [0, 0.05) is 24.6 Å². The summed E-state index contributed by atoms with van der Waals surface area (Å²) in [5, 5.41) is 14.3. The number of ether oxygens (including phenoxy) is 1. The zero-order chi connectivity index (χ0) is 19.3. The Balaban J connectivity index is 1.50. The number of rotatable bonds is 5. The molecular formula is C20H27N5O3. The molecule has 4 atom stereocenters. The molecule has 3 N–H and O–H groups in total. The average Bonchev–Trinajstić information content (AvgIpc) is 3.27. The van der Waals surface area contributed by atoms with Crippen LogP contribution in [0.1, 0.15) is 42.7 Å². The Kier molecular flexibility index (Phi) is 5.87. The summed E-state index contributed by atoms with van der Waals surface area (Å²) in [6.45, 7) is 1.85. The predicted octanol–water partition coefficient (Wildman–Crippen LogP) is 1.36. The highest BCUT2D eigenvalue weighted by molar-refractivity contribution is 5.90. The van der Waals surface area contributed by atoms with Crippen LogP contribution in [0.5, 0.6) is 5.75 Å². The van der Waals surface area contributed by atoms with Crippen LogP contribution in [0, 0.1) is 0 Å². The molecule has 1 saturated carbocycles. The Morgan fingerprint density at radius 2 is 2.11 bits per heavy atom. The number of imidazole rings is 1. The Morgan fingerprint density at radius 3 is 2.82 bits per heavy atom. The Morgan fingerprint density at radius 1 is 1.25 bits per heavy atom. The minimum absolute atomic E-state index is 0.153. The van der Waals surface area contributed by atoms with Gasteiger partial charge in [0.15, 0.2) is 5.82 Å². The average molecular weight is 385 g/mol. The van der Waals surface area contributed by atoms with Gasteiger partial charge < -0.3 is 20.1 Å². The number of aliphatic hydroxyl groups is 1. The van der Waals surface area contributed by atoms with Crippen LogP contribution in [0.25, 0.3) is 0 Å². The van der Waals surface area contributed by atoms with Crippen molar-refractivity contribution in [2.75, 3.05) is 13.1 Å². The molecule has 0 aromatic carbocycles. The number of H-pyrrole nitrogens is 1. The molecule has 0 unspecified atom stereocenters. The fourth-order valence-corrected chi connectivity index (χ4v) is 4.33. The number of hydrogen-bond acceptors (Lipinski definition) is 6. The first kappa shape index (κ1) is 18.9. The van der Waals surface area contributed by atoms with Crippen molar-refractivity contribution in [1.82, 2.24) is 25.2 Å². The number of nitrogens with one attached hydrogen (secondary N) is 2. The van der Waals surface area contributed by atoms with E-state index in [9.17, 15) is 9.90 Å². The lowest BCUT2D eigenvalue weighted by Crippen LogP contribution is -2.64. The number of carbonyl (C=O) groups excluding carboxylic acids is 1. The van der Waals surface area contributed by atoms with E-state index in [2.05, 4.69) is 25.2 Å². The third-order valence-corrected chi connectivity index (χ3v) is 5.67. The van der Waals surface area contributed by atoms with Crippen molar-refractivity contribution in [1.29, 1.82) is 0 Å². The monoisotopic (exact) mass is 385 g/mol. The fraction of sp³-hybridized carbons (Fsp3) is 0.550. The Bertz CT molecular complexity index is 748. The third-order valence-electron chi connectivity index (χ3n) is 5.67. The van der Waals surface area contributed by atoms with Gasteiger partial charge in [-0.1, -0.05) is 6.42 Å². The molecule has 1 amide bonds. The molecule has 1 aliphatic heterocycles. The van der Waals surface area contributed by atoms with Crippen LogP contribution in [0.2, 0.25) is 0 Å². The summed E-state index contributed by atoms with van der Waals surface area (Å²) in [6, 6.07) is 3.33. The van der Waals surface area contributed by atoms with Gasteiger partial charge in [0.25, 0.3) is 5.91 Å². The highest BCUT2D eigenvalue weighted by atomic mass is 16.5. The van der Waals surface area contributed by atoms with Gasteiger partial charge in [0.1, 0.15) is 18.0 Å². The maximum absolute atomic E-state index is 12.5. The number of likely N-dealkylation sites (tertiary alicyclic amines) is 1. The van der Waals surface area contributed by atoms with Crippen molar-refractivity contribution in [2.45, 2.75) is 56.4 Å². The first-order valence-electron chi connectivity index (χ1n) is 10.0.